The number of carboxylic acids is 1. The van der Waals surface area contributed by atoms with Gasteiger partial charge in [0.1, 0.15) is 6.54 Å². The minimum Gasteiger partial charge on any atom is -0.480 e. The largest absolute Gasteiger partial charge is 0.480 e. The van der Waals surface area contributed by atoms with E-state index >= 15 is 0 Å². The number of rotatable bonds is 6. The Balaban J connectivity index is 1.45. The minimum atomic E-state index is -1.54. The predicted octanol–water partition coefficient (Wildman–Crippen LogP) is 3.94. The van der Waals surface area contributed by atoms with Gasteiger partial charge in [-0.05, 0) is 98.7 Å². The lowest BCUT2D eigenvalue weighted by atomic mass is 9.43. The normalized spacial score (nSPS) is 43.5. The third kappa shape index (κ3) is 3.79. The lowest BCUT2D eigenvalue weighted by molar-refractivity contribution is -0.313. The van der Waals surface area contributed by atoms with E-state index in [1.807, 2.05) is 0 Å². The number of aliphatic hydroxyl groups is 2. The van der Waals surface area contributed by atoms with Crippen LogP contribution in [-0.2, 0) is 9.59 Å². The van der Waals surface area contributed by atoms with Gasteiger partial charge in [0.2, 0.25) is 5.91 Å². The van der Waals surface area contributed by atoms with Crippen LogP contribution in [0.15, 0.2) is 0 Å². The number of nitrogens with one attached hydrogen (secondary N) is 1. The lowest BCUT2D eigenvalue weighted by Crippen LogP contribution is -2.63. The van der Waals surface area contributed by atoms with Crippen molar-refractivity contribution in [3.63, 3.8) is 0 Å². The summed E-state index contributed by atoms with van der Waals surface area (Å²) in [6.45, 7) is 6.60. The van der Waals surface area contributed by atoms with Crippen LogP contribution in [0.5, 0.6) is 0 Å². The Morgan fingerprint density at radius 3 is 2.47 bits per heavy atom. The van der Waals surface area contributed by atoms with Crippen molar-refractivity contribution in [3.8, 4) is 0 Å². The number of fused-ring (bicyclic) bond motifs is 5. The maximum absolute atomic E-state index is 12.0. The zero-order valence-corrected chi connectivity index (χ0v) is 20.1. The number of hydrogen-bond acceptors (Lipinski definition) is 4. The van der Waals surface area contributed by atoms with Gasteiger partial charge in [-0.3, -0.25) is 9.59 Å². The van der Waals surface area contributed by atoms with Gasteiger partial charge in [0.15, 0.2) is 5.79 Å². The van der Waals surface area contributed by atoms with Crippen LogP contribution < -0.4 is 5.32 Å². The first kappa shape index (κ1) is 24.0. The Bertz CT molecular complexity index is 738. The first-order chi connectivity index (χ1) is 15.0. The first-order valence-corrected chi connectivity index (χ1v) is 12.9. The molecule has 4 fully saturated rings. The molecular formula is C26H43NO5. The number of amides is 1. The monoisotopic (exact) mass is 449 g/mol. The molecule has 8 atom stereocenters. The molecule has 4 aliphatic rings. The number of carbonyl (C=O) groups excluding carboxylic acids is 1. The third-order valence-corrected chi connectivity index (χ3v) is 10.9. The van der Waals surface area contributed by atoms with Gasteiger partial charge in [0, 0.05) is 18.3 Å². The molecule has 1 amide bonds. The van der Waals surface area contributed by atoms with E-state index in [0.29, 0.717) is 48.3 Å². The molecule has 0 aromatic heterocycles. The van der Waals surface area contributed by atoms with Gasteiger partial charge in [0.05, 0.1) is 0 Å². The van der Waals surface area contributed by atoms with Crippen molar-refractivity contribution < 1.29 is 24.9 Å². The second-order valence-electron chi connectivity index (χ2n) is 12.1. The summed E-state index contributed by atoms with van der Waals surface area (Å²) in [6, 6.07) is 0. The molecule has 0 heterocycles. The maximum Gasteiger partial charge on any atom is 0.322 e. The second kappa shape index (κ2) is 8.57. The van der Waals surface area contributed by atoms with Crippen molar-refractivity contribution in [2.45, 2.75) is 97.2 Å². The third-order valence-electron chi connectivity index (χ3n) is 10.9. The molecular weight excluding hydrogens is 406 g/mol. The summed E-state index contributed by atoms with van der Waals surface area (Å²) in [4.78, 5) is 22.7. The molecule has 0 aromatic carbocycles. The molecule has 0 saturated heterocycles. The summed E-state index contributed by atoms with van der Waals surface area (Å²) in [5.41, 5.74) is -0.134. The van der Waals surface area contributed by atoms with Crippen LogP contribution >= 0.6 is 0 Å². The Labute approximate surface area is 192 Å². The summed E-state index contributed by atoms with van der Waals surface area (Å²) >= 11 is 0. The van der Waals surface area contributed by atoms with E-state index in [9.17, 15) is 19.8 Å². The van der Waals surface area contributed by atoms with Gasteiger partial charge in [0.25, 0.3) is 0 Å². The minimum absolute atomic E-state index is 0.173. The van der Waals surface area contributed by atoms with Crippen LogP contribution in [0.25, 0.3) is 0 Å². The highest BCUT2D eigenvalue weighted by molar-refractivity contribution is 5.81. The molecule has 6 nitrogen and oxygen atoms in total. The van der Waals surface area contributed by atoms with Crippen molar-refractivity contribution in [2.24, 2.45) is 46.3 Å². The molecule has 0 unspecified atom stereocenters. The number of carbonyl (C=O) groups is 2. The highest BCUT2D eigenvalue weighted by Gasteiger charge is 2.65. The fourth-order valence-electron chi connectivity index (χ4n) is 9.16. The molecule has 32 heavy (non-hydrogen) atoms. The lowest BCUT2D eigenvalue weighted by Gasteiger charge is -2.63. The molecule has 0 bridgehead atoms. The molecule has 0 aromatic rings. The predicted molar refractivity (Wildman–Crippen MR) is 121 cm³/mol. The van der Waals surface area contributed by atoms with Crippen LogP contribution in [0.1, 0.15) is 91.4 Å². The zero-order chi connectivity index (χ0) is 23.3. The van der Waals surface area contributed by atoms with Crippen molar-refractivity contribution in [1.29, 1.82) is 0 Å². The highest BCUT2D eigenvalue weighted by atomic mass is 16.5. The standard InChI is InChI=1S/C26H43NO5/c1-16(6-11-22(28)27-15-23(29)30)19-9-10-20-18-8-7-17-5-4-13-26(31,32)25(17,3)21(18)12-14-24(19,20)2/h16-21,31-32H,4-15H2,1-3H3,(H,27,28)(H,29,30)/t16-,17+,18+,19-,20+,21+,24-,25+/m1/s1. The Hall–Kier alpha value is -1.14. The fourth-order valence-corrected chi connectivity index (χ4v) is 9.16. The fraction of sp³-hybridized carbons (Fsp3) is 0.923. The Kier molecular flexibility index (Phi) is 6.43. The summed E-state index contributed by atoms with van der Waals surface area (Å²) in [5.74, 6) is 0.301. The van der Waals surface area contributed by atoms with Crippen molar-refractivity contribution in [3.05, 3.63) is 0 Å². The Morgan fingerprint density at radius 1 is 1.00 bits per heavy atom. The molecule has 0 aliphatic heterocycles. The van der Waals surface area contributed by atoms with Gasteiger partial charge in [-0.2, -0.15) is 0 Å². The zero-order valence-electron chi connectivity index (χ0n) is 20.1. The summed E-state index contributed by atoms with van der Waals surface area (Å²) in [5, 5.41) is 33.4. The van der Waals surface area contributed by atoms with E-state index in [1.165, 1.54) is 19.3 Å². The number of hydrogen-bond donors (Lipinski definition) is 4. The SMILES string of the molecule is C[C@H](CCC(=O)NCC(=O)O)[C@H]1CC[C@H]2[C@@H]3CC[C@@H]4CCCC(O)(O)[C@]4(C)[C@H]3CC[C@]12C. The van der Waals surface area contributed by atoms with Crippen molar-refractivity contribution in [1.82, 2.24) is 5.32 Å². The molecule has 4 saturated carbocycles. The van der Waals surface area contributed by atoms with Gasteiger partial charge in [-0.25, -0.2) is 0 Å². The topological polar surface area (TPSA) is 107 Å². The summed E-state index contributed by atoms with van der Waals surface area (Å²) < 4.78 is 0. The molecule has 0 spiro atoms. The van der Waals surface area contributed by atoms with E-state index in [2.05, 4.69) is 26.1 Å². The van der Waals surface area contributed by atoms with Crippen LogP contribution in [0.2, 0.25) is 0 Å². The van der Waals surface area contributed by atoms with Crippen molar-refractivity contribution >= 4 is 11.9 Å². The molecule has 4 aliphatic carbocycles. The molecule has 0 radical (unpaired) electrons. The smallest absolute Gasteiger partial charge is 0.322 e. The molecule has 182 valence electrons. The van der Waals surface area contributed by atoms with E-state index in [1.54, 1.807) is 0 Å². The Morgan fingerprint density at radius 2 is 1.75 bits per heavy atom. The van der Waals surface area contributed by atoms with E-state index in [4.69, 9.17) is 5.11 Å². The van der Waals surface area contributed by atoms with Gasteiger partial charge >= 0.3 is 5.97 Å². The van der Waals surface area contributed by atoms with Gasteiger partial charge in [-0.1, -0.05) is 20.8 Å². The van der Waals surface area contributed by atoms with E-state index in [0.717, 1.165) is 38.5 Å². The van der Waals surface area contributed by atoms with E-state index in [-0.39, 0.29) is 23.3 Å². The van der Waals surface area contributed by atoms with Crippen molar-refractivity contribution in [2.75, 3.05) is 6.54 Å². The van der Waals surface area contributed by atoms with Gasteiger partial charge < -0.3 is 20.6 Å². The second-order valence-corrected chi connectivity index (χ2v) is 12.1. The summed E-state index contributed by atoms with van der Waals surface area (Å²) in [7, 11) is 0. The molecule has 6 heteroatoms. The van der Waals surface area contributed by atoms with E-state index < -0.39 is 11.8 Å². The molecule has 4 N–H and O–H groups in total. The maximum atomic E-state index is 12.0. The number of carboxylic acid groups (broad SMARTS) is 1. The highest BCUT2D eigenvalue weighted by Crippen LogP contribution is 2.69. The van der Waals surface area contributed by atoms with Gasteiger partial charge in [-0.15, -0.1) is 0 Å². The van der Waals surface area contributed by atoms with Crippen LogP contribution in [0.4, 0.5) is 0 Å². The average molecular weight is 450 g/mol. The first-order valence-electron chi connectivity index (χ1n) is 12.9. The number of aliphatic carboxylic acids is 1. The quantitative estimate of drug-likeness (QED) is 0.460. The molecule has 4 rings (SSSR count). The summed E-state index contributed by atoms with van der Waals surface area (Å²) in [6.07, 6.45) is 10.7. The van der Waals surface area contributed by atoms with Crippen LogP contribution in [-0.4, -0.2) is 39.5 Å². The average Bonchev–Trinajstić information content (AvgIpc) is 3.08. The van der Waals surface area contributed by atoms with Crippen LogP contribution in [0, 0.1) is 46.3 Å². The van der Waals surface area contributed by atoms with Crippen LogP contribution in [0.3, 0.4) is 0 Å².